The average Bonchev–Trinajstić information content (AvgIpc) is 3.07. The summed E-state index contributed by atoms with van der Waals surface area (Å²) in [5.74, 6) is -0.386. The first-order chi connectivity index (χ1) is 7.63. The van der Waals surface area contributed by atoms with E-state index in [2.05, 4.69) is 20.4 Å². The lowest BCUT2D eigenvalue weighted by atomic mass is 10.0. The summed E-state index contributed by atoms with van der Waals surface area (Å²) in [7, 11) is 0. The molecule has 1 fully saturated rings. The average molecular weight is 309 g/mol. The Morgan fingerprint density at radius 2 is 2.38 bits per heavy atom. The number of nitrogens with zero attached hydrogens (tertiary/aromatic N) is 1. The van der Waals surface area contributed by atoms with Crippen molar-refractivity contribution in [2.24, 2.45) is 4.51 Å². The number of rotatable bonds is 3. The maximum absolute atomic E-state index is 13.0. The van der Waals surface area contributed by atoms with Gasteiger partial charge in [0.2, 0.25) is 0 Å². The van der Waals surface area contributed by atoms with Crippen LogP contribution in [0.3, 0.4) is 0 Å². The first kappa shape index (κ1) is 12.0. The van der Waals surface area contributed by atoms with E-state index in [9.17, 15) is 9.50 Å². The van der Waals surface area contributed by atoms with Crippen molar-refractivity contribution >= 4 is 33.4 Å². The van der Waals surface area contributed by atoms with E-state index >= 15 is 0 Å². The van der Waals surface area contributed by atoms with E-state index in [4.69, 9.17) is 16.5 Å². The van der Waals surface area contributed by atoms with E-state index in [0.717, 1.165) is 0 Å². The van der Waals surface area contributed by atoms with Gasteiger partial charge in [0.1, 0.15) is 18.0 Å². The first-order valence-corrected chi connectivity index (χ1v) is 5.70. The summed E-state index contributed by atoms with van der Waals surface area (Å²) >= 11 is 8.43. The lowest BCUT2D eigenvalue weighted by Crippen LogP contribution is -2.17. The van der Waals surface area contributed by atoms with Crippen LogP contribution in [0, 0.1) is 5.82 Å². The van der Waals surface area contributed by atoms with Gasteiger partial charge in [-0.1, -0.05) is 6.07 Å². The molecule has 1 aromatic rings. The smallest absolute Gasteiger partial charge is 0.137 e. The van der Waals surface area contributed by atoms with Crippen LogP contribution >= 0.6 is 27.7 Å². The second kappa shape index (κ2) is 4.79. The van der Waals surface area contributed by atoms with Gasteiger partial charge in [-0.3, -0.25) is 0 Å². The van der Waals surface area contributed by atoms with Crippen molar-refractivity contribution in [3.8, 4) is 0 Å². The van der Waals surface area contributed by atoms with Gasteiger partial charge >= 0.3 is 0 Å². The van der Waals surface area contributed by atoms with Crippen molar-refractivity contribution in [1.82, 2.24) is 0 Å². The molecule has 0 aliphatic carbocycles. The fourth-order valence-electron chi connectivity index (χ4n) is 1.35. The number of aliphatic hydroxyl groups excluding tert-OH is 1. The zero-order valence-corrected chi connectivity index (χ0v) is 10.4. The molecule has 0 saturated carbocycles. The predicted molar refractivity (Wildman–Crippen MR) is 62.1 cm³/mol. The quantitative estimate of drug-likeness (QED) is 0.689. The number of halogens is 3. The van der Waals surface area contributed by atoms with Crippen molar-refractivity contribution < 1.29 is 14.2 Å². The molecule has 2 unspecified atom stereocenters. The van der Waals surface area contributed by atoms with Gasteiger partial charge in [0, 0.05) is 11.8 Å². The third kappa shape index (κ3) is 2.43. The van der Waals surface area contributed by atoms with Gasteiger partial charge in [-0.15, -0.1) is 0 Å². The molecule has 0 bridgehead atoms. The molecule has 1 aliphatic heterocycles. The third-order valence-electron chi connectivity index (χ3n) is 2.30. The van der Waals surface area contributed by atoms with Crippen LogP contribution in [0.2, 0.25) is 0 Å². The molecular formula is C10H8BrClFNO2. The predicted octanol–water partition coefficient (Wildman–Crippen LogP) is 2.62. The Morgan fingerprint density at radius 3 is 2.88 bits per heavy atom. The molecule has 2 atom stereocenters. The van der Waals surface area contributed by atoms with E-state index in [-0.39, 0.29) is 16.4 Å². The zero-order chi connectivity index (χ0) is 11.7. The zero-order valence-electron chi connectivity index (χ0n) is 8.03. The number of hydrogen-bond acceptors (Lipinski definition) is 3. The fraction of sp³-hybridized carbons (Fsp3) is 0.300. The Morgan fingerprint density at radius 1 is 1.69 bits per heavy atom. The summed E-state index contributed by atoms with van der Waals surface area (Å²) in [4.78, 5) is 0. The number of benzene rings is 1. The Labute approximate surface area is 105 Å². The van der Waals surface area contributed by atoms with Crippen LogP contribution in [-0.4, -0.2) is 23.5 Å². The van der Waals surface area contributed by atoms with Crippen molar-refractivity contribution in [2.45, 2.75) is 12.2 Å². The van der Waals surface area contributed by atoms with E-state index in [1.165, 1.54) is 18.2 Å². The van der Waals surface area contributed by atoms with Gasteiger partial charge in [0.05, 0.1) is 16.8 Å². The van der Waals surface area contributed by atoms with Gasteiger partial charge in [-0.2, -0.15) is 4.51 Å². The Bertz CT molecular complexity index is 437. The molecule has 0 radical (unpaired) electrons. The molecule has 6 heteroatoms. The molecule has 1 aromatic carbocycles. The van der Waals surface area contributed by atoms with Crippen molar-refractivity contribution in [2.75, 3.05) is 6.61 Å². The number of epoxide rings is 1. The molecule has 1 aliphatic rings. The number of aliphatic hydroxyl groups is 1. The molecule has 0 aromatic heterocycles. The van der Waals surface area contributed by atoms with Crippen molar-refractivity contribution in [1.29, 1.82) is 0 Å². The Hall–Kier alpha value is -0.490. The summed E-state index contributed by atoms with van der Waals surface area (Å²) in [6, 6.07) is 4.24. The molecule has 1 heterocycles. The van der Waals surface area contributed by atoms with Crippen molar-refractivity contribution in [3.05, 3.63) is 34.1 Å². The molecule has 0 amide bonds. The SMILES string of the molecule is OC(C(=NCl)C1CO1)c1ccc(F)c(Br)c1. The van der Waals surface area contributed by atoms with Gasteiger partial charge in [-0.25, -0.2) is 4.39 Å². The number of ether oxygens (including phenoxy) is 1. The lowest BCUT2D eigenvalue weighted by Gasteiger charge is -2.11. The summed E-state index contributed by atoms with van der Waals surface area (Å²) in [5.41, 5.74) is 0.864. The fourth-order valence-corrected chi connectivity index (χ4v) is 1.95. The normalized spacial score (nSPS) is 22.0. The second-order valence-corrected chi connectivity index (χ2v) is 4.43. The highest BCUT2D eigenvalue weighted by atomic mass is 79.9. The van der Waals surface area contributed by atoms with Gasteiger partial charge in [0.25, 0.3) is 0 Å². The summed E-state index contributed by atoms with van der Waals surface area (Å²) in [6.45, 7) is 0.505. The second-order valence-electron chi connectivity index (χ2n) is 3.41. The molecular weight excluding hydrogens is 300 g/mol. The van der Waals surface area contributed by atoms with Crippen molar-refractivity contribution in [3.63, 3.8) is 0 Å². The van der Waals surface area contributed by atoms with Crippen LogP contribution in [0.4, 0.5) is 4.39 Å². The van der Waals surface area contributed by atoms with E-state index in [0.29, 0.717) is 17.9 Å². The lowest BCUT2D eigenvalue weighted by molar-refractivity contribution is 0.241. The molecule has 86 valence electrons. The summed E-state index contributed by atoms with van der Waals surface area (Å²) in [6.07, 6.45) is -1.20. The van der Waals surface area contributed by atoms with Crippen LogP contribution in [0.5, 0.6) is 0 Å². The van der Waals surface area contributed by atoms with Crippen LogP contribution < -0.4 is 0 Å². The molecule has 1 saturated heterocycles. The first-order valence-electron chi connectivity index (χ1n) is 4.57. The topological polar surface area (TPSA) is 45.1 Å². The Balaban J connectivity index is 2.25. The molecule has 2 rings (SSSR count). The molecule has 3 nitrogen and oxygen atoms in total. The number of hydrogen-bond donors (Lipinski definition) is 1. The highest BCUT2D eigenvalue weighted by molar-refractivity contribution is 9.10. The highest BCUT2D eigenvalue weighted by Crippen LogP contribution is 2.27. The summed E-state index contributed by atoms with van der Waals surface area (Å²) in [5, 5.41) is 9.97. The minimum Gasteiger partial charge on any atom is -0.382 e. The van der Waals surface area contributed by atoms with Crippen LogP contribution in [0.15, 0.2) is 27.2 Å². The van der Waals surface area contributed by atoms with Gasteiger partial charge in [0.15, 0.2) is 0 Å². The standard InChI is InChI=1S/C10H8BrClFNO2/c11-6-3-5(1-2-7(6)13)10(15)9(14-12)8-4-16-8/h1-3,8,10,15H,4H2. The van der Waals surface area contributed by atoms with E-state index in [1.54, 1.807) is 0 Å². The monoisotopic (exact) mass is 307 g/mol. The molecule has 16 heavy (non-hydrogen) atoms. The highest BCUT2D eigenvalue weighted by Gasteiger charge is 2.34. The van der Waals surface area contributed by atoms with E-state index in [1.807, 2.05) is 0 Å². The minimum absolute atomic E-state index is 0.226. The molecule has 0 spiro atoms. The maximum Gasteiger partial charge on any atom is 0.137 e. The third-order valence-corrected chi connectivity index (χ3v) is 3.10. The minimum atomic E-state index is -0.970. The molecule has 1 N–H and O–H groups in total. The van der Waals surface area contributed by atoms with Crippen LogP contribution in [-0.2, 0) is 4.74 Å². The van der Waals surface area contributed by atoms with Gasteiger partial charge in [-0.05, 0) is 33.6 Å². The largest absolute Gasteiger partial charge is 0.382 e. The van der Waals surface area contributed by atoms with Crippen LogP contribution in [0.1, 0.15) is 11.7 Å². The Kier molecular flexibility index (Phi) is 3.59. The van der Waals surface area contributed by atoms with Gasteiger partial charge < -0.3 is 9.84 Å². The maximum atomic E-state index is 13.0. The van der Waals surface area contributed by atoms with Crippen LogP contribution in [0.25, 0.3) is 0 Å². The summed E-state index contributed by atoms with van der Waals surface area (Å²) < 4.78 is 21.8. The van der Waals surface area contributed by atoms with E-state index < -0.39 is 6.10 Å².